The fourth-order valence-corrected chi connectivity index (χ4v) is 0.995. The Morgan fingerprint density at radius 2 is 1.56 bits per heavy atom. The highest BCUT2D eigenvalue weighted by molar-refractivity contribution is 14.2. The highest BCUT2D eigenvalue weighted by Crippen LogP contribution is 2.29. The van der Waals surface area contributed by atoms with Gasteiger partial charge >= 0.3 is 1.94 Å². The maximum Gasteiger partial charge on any atom is 0.345 e. The molecule has 0 saturated carbocycles. The van der Waals surface area contributed by atoms with Crippen LogP contribution in [-0.4, -0.2) is 6.92 Å². The Hall–Kier alpha value is 0.0800. The van der Waals surface area contributed by atoms with Crippen molar-refractivity contribution in [3.63, 3.8) is 0 Å². The van der Waals surface area contributed by atoms with E-state index in [4.69, 9.17) is 0 Å². The number of aromatic nitrogens is 1. The number of halogens is 4. The van der Waals surface area contributed by atoms with E-state index in [1.165, 1.54) is 10.9 Å². The molecule has 0 atom stereocenters. The van der Waals surface area contributed by atoms with E-state index in [1.807, 2.05) is 32.2 Å². The first-order valence-electron chi connectivity index (χ1n) is 4.74. The van der Waals surface area contributed by atoms with Crippen LogP contribution in [0.25, 0.3) is 10.9 Å². The summed E-state index contributed by atoms with van der Waals surface area (Å²) in [7, 11) is 0. The molecule has 1 aromatic heterocycles. The minimum atomic E-state index is -2.56. The van der Waals surface area contributed by atoms with Crippen LogP contribution in [0.5, 0.6) is 0 Å². The molecule has 0 saturated heterocycles. The molecule has 0 aliphatic rings. The fourth-order valence-electron chi connectivity index (χ4n) is 0.995. The lowest BCUT2D eigenvalue weighted by Crippen LogP contribution is -1.83. The first-order chi connectivity index (χ1) is 7.47. The lowest BCUT2D eigenvalue weighted by Gasteiger charge is -1.88. The van der Waals surface area contributed by atoms with Crippen LogP contribution in [0.2, 0.25) is 0 Å². The molecular weight excluding hydrogens is 438 g/mol. The predicted octanol–water partition coefficient (Wildman–Crippen LogP) is 5.60. The monoisotopic (exact) mass is 451 g/mol. The van der Waals surface area contributed by atoms with Gasteiger partial charge in [-0.2, -0.15) is 8.78 Å². The van der Waals surface area contributed by atoms with E-state index >= 15 is 0 Å². The van der Waals surface area contributed by atoms with Gasteiger partial charge in [0.1, 0.15) is 0 Å². The first-order valence-corrected chi connectivity index (χ1v) is 6.90. The zero-order valence-corrected chi connectivity index (χ0v) is 13.3. The Kier molecular flexibility index (Phi) is 8.25. The Morgan fingerprint density at radius 1 is 1.06 bits per heavy atom. The smallest absolute Gasteiger partial charge is 0.345 e. The SMILES string of the molecule is CC.FC(F)(I)I.c1ccc2[nH]ccc2c1. The summed E-state index contributed by atoms with van der Waals surface area (Å²) in [5.41, 5.74) is 1.21. The van der Waals surface area contributed by atoms with Gasteiger partial charge in [0.2, 0.25) is 0 Å². The van der Waals surface area contributed by atoms with E-state index in [0.717, 1.165) is 45.2 Å². The highest BCUT2D eigenvalue weighted by Gasteiger charge is 2.14. The van der Waals surface area contributed by atoms with Crippen LogP contribution in [0, 0.1) is 0 Å². The van der Waals surface area contributed by atoms with E-state index in [2.05, 4.69) is 23.2 Å². The second-order valence-electron chi connectivity index (χ2n) is 2.49. The van der Waals surface area contributed by atoms with Crippen LogP contribution in [0.4, 0.5) is 8.78 Å². The number of benzene rings is 1. The molecule has 0 fully saturated rings. The lowest BCUT2D eigenvalue weighted by molar-refractivity contribution is 0.252. The van der Waals surface area contributed by atoms with E-state index < -0.39 is 1.94 Å². The van der Waals surface area contributed by atoms with Crippen molar-refractivity contribution in [2.75, 3.05) is 0 Å². The first kappa shape index (κ1) is 16.1. The van der Waals surface area contributed by atoms with Gasteiger partial charge in [0, 0.05) is 56.9 Å². The van der Waals surface area contributed by atoms with E-state index in [-0.39, 0.29) is 0 Å². The molecule has 1 N–H and O–H groups in total. The van der Waals surface area contributed by atoms with Gasteiger partial charge in [-0.3, -0.25) is 0 Å². The van der Waals surface area contributed by atoms with Crippen LogP contribution in [-0.2, 0) is 0 Å². The average molecular weight is 451 g/mol. The molecule has 0 bridgehead atoms. The molecule has 0 aliphatic heterocycles. The summed E-state index contributed by atoms with van der Waals surface area (Å²) in [4.78, 5) is 3.12. The number of alkyl halides is 4. The quantitative estimate of drug-likeness (QED) is 0.397. The largest absolute Gasteiger partial charge is 0.361 e. The third kappa shape index (κ3) is 8.26. The topological polar surface area (TPSA) is 15.8 Å². The third-order valence-corrected chi connectivity index (χ3v) is 1.46. The summed E-state index contributed by atoms with van der Waals surface area (Å²) >= 11 is 2.06. The number of hydrogen-bond donors (Lipinski definition) is 1. The van der Waals surface area contributed by atoms with Crippen molar-refractivity contribution in [3.05, 3.63) is 36.5 Å². The Bertz CT molecular complexity index is 360. The number of H-pyrrole nitrogens is 1. The molecule has 5 heteroatoms. The Balaban J connectivity index is 0.000000280. The number of fused-ring (bicyclic) bond motifs is 1. The maximum atomic E-state index is 11.0. The van der Waals surface area contributed by atoms with Crippen molar-refractivity contribution >= 4 is 56.1 Å². The van der Waals surface area contributed by atoms with Gasteiger partial charge in [-0.1, -0.05) is 32.0 Å². The molecular formula is C11H13F2I2N. The summed E-state index contributed by atoms with van der Waals surface area (Å²) < 4.78 is 19.4. The second kappa shape index (κ2) is 8.21. The van der Waals surface area contributed by atoms with E-state index in [0.29, 0.717) is 0 Å². The van der Waals surface area contributed by atoms with Crippen molar-refractivity contribution in [2.45, 2.75) is 15.8 Å². The molecule has 2 rings (SSSR count). The second-order valence-corrected chi connectivity index (χ2v) is 7.27. The molecule has 0 aliphatic carbocycles. The predicted molar refractivity (Wildman–Crippen MR) is 82.6 cm³/mol. The normalized spacial score (nSPS) is 9.88. The molecule has 1 heterocycles. The maximum absolute atomic E-state index is 11.0. The van der Waals surface area contributed by atoms with Crippen LogP contribution >= 0.6 is 45.2 Å². The lowest BCUT2D eigenvalue weighted by atomic mass is 10.3. The van der Waals surface area contributed by atoms with Crippen molar-refractivity contribution in [3.8, 4) is 0 Å². The molecule has 1 nitrogen and oxygen atoms in total. The summed E-state index contributed by atoms with van der Waals surface area (Å²) in [5, 5.41) is 1.28. The molecule has 16 heavy (non-hydrogen) atoms. The molecule has 2 aromatic rings. The van der Waals surface area contributed by atoms with Crippen molar-refractivity contribution in [1.29, 1.82) is 0 Å². The van der Waals surface area contributed by atoms with Gasteiger partial charge in [-0.05, 0) is 17.5 Å². The third-order valence-electron chi connectivity index (χ3n) is 1.46. The van der Waals surface area contributed by atoms with Gasteiger partial charge in [0.25, 0.3) is 0 Å². The van der Waals surface area contributed by atoms with Crippen LogP contribution < -0.4 is 0 Å². The van der Waals surface area contributed by atoms with Crippen LogP contribution in [0.3, 0.4) is 0 Å². The van der Waals surface area contributed by atoms with Crippen molar-refractivity contribution in [2.24, 2.45) is 0 Å². The summed E-state index contributed by atoms with van der Waals surface area (Å²) in [6.45, 7) is 4.00. The number of hydrogen-bond acceptors (Lipinski definition) is 0. The molecule has 0 spiro atoms. The Labute approximate surface area is 121 Å². The molecule has 0 unspecified atom stereocenters. The van der Waals surface area contributed by atoms with Gasteiger partial charge in [-0.25, -0.2) is 0 Å². The zero-order chi connectivity index (χ0) is 12.6. The molecule has 0 radical (unpaired) electrons. The van der Waals surface area contributed by atoms with Gasteiger partial charge in [0.15, 0.2) is 0 Å². The van der Waals surface area contributed by atoms with Gasteiger partial charge in [-0.15, -0.1) is 0 Å². The number of nitrogens with one attached hydrogen (secondary N) is 1. The average Bonchev–Trinajstić information content (AvgIpc) is 2.66. The van der Waals surface area contributed by atoms with Gasteiger partial charge < -0.3 is 4.98 Å². The minimum Gasteiger partial charge on any atom is -0.361 e. The standard InChI is InChI=1S/C8H7N.C2H6.CF2I2/c1-2-4-8-7(3-1)5-6-9-8;1-2;2-1(3,4)5/h1-6,9H;1-2H3;. The van der Waals surface area contributed by atoms with Gasteiger partial charge in [0.05, 0.1) is 0 Å². The highest BCUT2D eigenvalue weighted by atomic mass is 127. The fraction of sp³-hybridized carbons (Fsp3) is 0.273. The summed E-state index contributed by atoms with van der Waals surface area (Å²) in [6.07, 6.45) is 1.95. The summed E-state index contributed by atoms with van der Waals surface area (Å²) in [6, 6.07) is 10.3. The number of aromatic amines is 1. The van der Waals surface area contributed by atoms with Crippen LogP contribution in [0.15, 0.2) is 36.5 Å². The van der Waals surface area contributed by atoms with E-state index in [9.17, 15) is 8.78 Å². The zero-order valence-electron chi connectivity index (χ0n) is 8.98. The van der Waals surface area contributed by atoms with Crippen molar-refractivity contribution < 1.29 is 8.78 Å². The number of para-hydroxylation sites is 1. The van der Waals surface area contributed by atoms with E-state index in [1.54, 1.807) is 0 Å². The molecule has 0 amide bonds. The van der Waals surface area contributed by atoms with Crippen LogP contribution in [0.1, 0.15) is 13.8 Å². The Morgan fingerprint density at radius 3 is 2.06 bits per heavy atom. The minimum absolute atomic E-state index is 1.03. The molecule has 90 valence electrons. The summed E-state index contributed by atoms with van der Waals surface area (Å²) in [5.74, 6) is 0. The molecule has 1 aromatic carbocycles. The van der Waals surface area contributed by atoms with Crippen molar-refractivity contribution in [1.82, 2.24) is 4.98 Å². The number of rotatable bonds is 0.